The Kier molecular flexibility index (Phi) is 18.0. The van der Waals surface area contributed by atoms with Crippen molar-refractivity contribution in [2.75, 3.05) is 11.5 Å². The molecule has 0 atom stereocenters. The Balaban J connectivity index is 2.21. The zero-order chi connectivity index (χ0) is 21.9. The van der Waals surface area contributed by atoms with Crippen LogP contribution in [-0.2, 0) is 11.5 Å². The van der Waals surface area contributed by atoms with Crippen LogP contribution in [-0.4, -0.2) is 16.6 Å². The Labute approximate surface area is 196 Å². The number of unbranched alkanes of at least 4 members (excludes halogenated alkanes) is 12. The van der Waals surface area contributed by atoms with Gasteiger partial charge >= 0.3 is 0 Å². The van der Waals surface area contributed by atoms with Crippen molar-refractivity contribution in [1.29, 1.82) is 0 Å². The standard InChI is InChI=1S/C27H48OS2/c1-4-6-8-10-12-14-16-20-29-22-25-18-19-27(28)26(24(25)3)23-30-21-17-15-13-11-9-7-5-2/h18-19,28H,4-17,20-23H2,1-3H3. The summed E-state index contributed by atoms with van der Waals surface area (Å²) in [5.41, 5.74) is 3.89. The highest BCUT2D eigenvalue weighted by atomic mass is 32.2. The van der Waals surface area contributed by atoms with Gasteiger partial charge in [-0.05, 0) is 48.5 Å². The predicted molar refractivity (Wildman–Crippen MR) is 141 cm³/mol. The van der Waals surface area contributed by atoms with Crippen molar-refractivity contribution in [3.05, 3.63) is 28.8 Å². The highest BCUT2D eigenvalue weighted by Gasteiger charge is 2.10. The molecule has 174 valence electrons. The third kappa shape index (κ3) is 13.2. The van der Waals surface area contributed by atoms with Crippen LogP contribution in [0.15, 0.2) is 12.1 Å². The van der Waals surface area contributed by atoms with E-state index in [0.717, 1.165) is 17.1 Å². The first-order valence-electron chi connectivity index (χ1n) is 12.7. The molecule has 1 aromatic carbocycles. The van der Waals surface area contributed by atoms with E-state index in [1.165, 1.54) is 113 Å². The molecule has 1 N–H and O–H groups in total. The third-order valence-corrected chi connectivity index (χ3v) is 8.14. The second-order valence-electron chi connectivity index (χ2n) is 8.70. The van der Waals surface area contributed by atoms with Crippen molar-refractivity contribution in [3.8, 4) is 5.75 Å². The minimum Gasteiger partial charge on any atom is -0.508 e. The van der Waals surface area contributed by atoms with Crippen LogP contribution in [0.4, 0.5) is 0 Å². The molecule has 1 nitrogen and oxygen atoms in total. The molecule has 0 aliphatic heterocycles. The van der Waals surface area contributed by atoms with E-state index in [0.29, 0.717) is 5.75 Å². The Bertz CT molecular complexity index is 530. The number of thioether (sulfide) groups is 2. The molecule has 0 fully saturated rings. The predicted octanol–water partition coefficient (Wildman–Crippen LogP) is 9.67. The van der Waals surface area contributed by atoms with Gasteiger partial charge in [0.15, 0.2) is 0 Å². The molecule has 0 unspecified atom stereocenters. The number of aromatic hydroxyl groups is 1. The normalized spacial score (nSPS) is 11.3. The molecule has 1 rings (SSSR count). The lowest BCUT2D eigenvalue weighted by Gasteiger charge is -2.13. The first-order valence-corrected chi connectivity index (χ1v) is 15.0. The highest BCUT2D eigenvalue weighted by Crippen LogP contribution is 2.30. The lowest BCUT2D eigenvalue weighted by atomic mass is 10.0. The van der Waals surface area contributed by atoms with E-state index in [2.05, 4.69) is 38.6 Å². The van der Waals surface area contributed by atoms with E-state index in [-0.39, 0.29) is 0 Å². The molecule has 0 saturated heterocycles. The van der Waals surface area contributed by atoms with Crippen molar-refractivity contribution in [2.24, 2.45) is 0 Å². The van der Waals surface area contributed by atoms with Crippen LogP contribution in [0.2, 0.25) is 0 Å². The van der Waals surface area contributed by atoms with Crippen molar-refractivity contribution in [2.45, 2.75) is 122 Å². The number of benzene rings is 1. The summed E-state index contributed by atoms with van der Waals surface area (Å²) in [5, 5.41) is 10.3. The number of phenolic OH excluding ortho intramolecular Hbond substituents is 1. The molecular formula is C27H48OS2. The number of phenols is 1. The van der Waals surface area contributed by atoms with E-state index < -0.39 is 0 Å². The Morgan fingerprint density at radius 3 is 1.63 bits per heavy atom. The largest absolute Gasteiger partial charge is 0.508 e. The molecule has 0 spiro atoms. The molecule has 0 bridgehead atoms. The second-order valence-corrected chi connectivity index (χ2v) is 10.9. The first-order chi connectivity index (χ1) is 14.7. The molecular weight excluding hydrogens is 404 g/mol. The van der Waals surface area contributed by atoms with E-state index in [1.54, 1.807) is 0 Å². The molecule has 0 saturated carbocycles. The summed E-state index contributed by atoms with van der Waals surface area (Å²) in [6.45, 7) is 6.76. The summed E-state index contributed by atoms with van der Waals surface area (Å²) in [6.07, 6.45) is 19.3. The topological polar surface area (TPSA) is 20.2 Å². The van der Waals surface area contributed by atoms with Crippen LogP contribution >= 0.6 is 23.5 Å². The molecule has 1 aromatic rings. The van der Waals surface area contributed by atoms with Crippen LogP contribution in [0.1, 0.15) is 120 Å². The van der Waals surface area contributed by atoms with Gasteiger partial charge in [0.05, 0.1) is 0 Å². The fourth-order valence-corrected chi connectivity index (χ4v) is 6.01. The Morgan fingerprint density at radius 1 is 0.633 bits per heavy atom. The van der Waals surface area contributed by atoms with Crippen LogP contribution in [0, 0.1) is 6.92 Å². The maximum absolute atomic E-state index is 10.3. The minimum absolute atomic E-state index is 0.486. The van der Waals surface area contributed by atoms with Gasteiger partial charge in [-0.2, -0.15) is 23.5 Å². The van der Waals surface area contributed by atoms with Crippen molar-refractivity contribution >= 4 is 23.5 Å². The molecule has 0 radical (unpaired) electrons. The molecule has 3 heteroatoms. The summed E-state index contributed by atoms with van der Waals surface area (Å²) in [4.78, 5) is 0. The lowest BCUT2D eigenvalue weighted by molar-refractivity contribution is 0.470. The second kappa shape index (κ2) is 19.4. The zero-order valence-electron chi connectivity index (χ0n) is 20.1. The van der Waals surface area contributed by atoms with Gasteiger partial charge < -0.3 is 5.11 Å². The Hall–Kier alpha value is -0.280. The quantitative estimate of drug-likeness (QED) is 0.199. The fourth-order valence-electron chi connectivity index (χ4n) is 3.81. The number of hydrogen-bond acceptors (Lipinski definition) is 3. The van der Waals surface area contributed by atoms with Crippen molar-refractivity contribution in [1.82, 2.24) is 0 Å². The first kappa shape index (κ1) is 27.8. The van der Waals surface area contributed by atoms with Crippen molar-refractivity contribution in [3.63, 3.8) is 0 Å². The summed E-state index contributed by atoms with van der Waals surface area (Å²) in [7, 11) is 0. The summed E-state index contributed by atoms with van der Waals surface area (Å²) < 4.78 is 0. The average molecular weight is 453 g/mol. The maximum atomic E-state index is 10.3. The molecule has 0 aliphatic rings. The van der Waals surface area contributed by atoms with Gasteiger partial charge in [0.1, 0.15) is 5.75 Å². The van der Waals surface area contributed by atoms with Gasteiger partial charge in [-0.3, -0.25) is 0 Å². The smallest absolute Gasteiger partial charge is 0.119 e. The molecule has 0 amide bonds. The molecule has 0 aromatic heterocycles. The number of hydrogen-bond donors (Lipinski definition) is 1. The van der Waals surface area contributed by atoms with Crippen LogP contribution in [0.3, 0.4) is 0 Å². The lowest BCUT2D eigenvalue weighted by Crippen LogP contribution is -1.96. The third-order valence-electron chi connectivity index (χ3n) is 5.97. The van der Waals surface area contributed by atoms with Gasteiger partial charge in [-0.1, -0.05) is 97.0 Å². The molecule has 30 heavy (non-hydrogen) atoms. The van der Waals surface area contributed by atoms with Gasteiger partial charge in [0.25, 0.3) is 0 Å². The van der Waals surface area contributed by atoms with Gasteiger partial charge in [-0.25, -0.2) is 0 Å². The van der Waals surface area contributed by atoms with Crippen LogP contribution in [0.5, 0.6) is 5.75 Å². The SMILES string of the molecule is CCCCCCCCCSCc1ccc(O)c(CSCCCCCCCCC)c1C. The molecule has 0 heterocycles. The van der Waals surface area contributed by atoms with E-state index in [9.17, 15) is 5.11 Å². The summed E-state index contributed by atoms with van der Waals surface area (Å²) >= 11 is 4.05. The fraction of sp³-hybridized carbons (Fsp3) is 0.778. The molecule has 0 aliphatic carbocycles. The van der Waals surface area contributed by atoms with Gasteiger partial charge in [-0.15, -0.1) is 0 Å². The van der Waals surface area contributed by atoms with Crippen LogP contribution in [0.25, 0.3) is 0 Å². The summed E-state index contributed by atoms with van der Waals surface area (Å²) in [6, 6.07) is 4.05. The van der Waals surface area contributed by atoms with Crippen molar-refractivity contribution < 1.29 is 5.11 Å². The summed E-state index contributed by atoms with van der Waals surface area (Å²) in [5.74, 6) is 4.99. The maximum Gasteiger partial charge on any atom is 0.119 e. The average Bonchev–Trinajstić information content (AvgIpc) is 2.74. The van der Waals surface area contributed by atoms with Crippen LogP contribution < -0.4 is 0 Å². The Morgan fingerprint density at radius 2 is 1.10 bits per heavy atom. The van der Waals surface area contributed by atoms with Gasteiger partial charge in [0, 0.05) is 17.1 Å². The zero-order valence-corrected chi connectivity index (χ0v) is 21.8. The highest BCUT2D eigenvalue weighted by molar-refractivity contribution is 7.98. The number of rotatable bonds is 20. The minimum atomic E-state index is 0.486. The van der Waals surface area contributed by atoms with E-state index >= 15 is 0 Å². The van der Waals surface area contributed by atoms with E-state index in [4.69, 9.17) is 0 Å². The van der Waals surface area contributed by atoms with E-state index in [1.807, 2.05) is 17.8 Å². The van der Waals surface area contributed by atoms with Gasteiger partial charge in [0.2, 0.25) is 0 Å². The monoisotopic (exact) mass is 452 g/mol.